The Hall–Kier alpha value is -3.31. The van der Waals surface area contributed by atoms with E-state index in [0.29, 0.717) is 27.2 Å². The molecule has 31 heavy (non-hydrogen) atoms. The van der Waals surface area contributed by atoms with Crippen molar-refractivity contribution in [1.29, 1.82) is 5.26 Å². The van der Waals surface area contributed by atoms with E-state index in [1.54, 1.807) is 19.1 Å². The van der Waals surface area contributed by atoms with Gasteiger partial charge in [-0.15, -0.1) is 0 Å². The number of carbonyl (C=O) groups excluding carboxylic acids is 2. The van der Waals surface area contributed by atoms with Gasteiger partial charge in [-0.25, -0.2) is 4.79 Å². The molecule has 0 unspecified atom stereocenters. The zero-order valence-corrected chi connectivity index (χ0v) is 19.3. The van der Waals surface area contributed by atoms with E-state index in [1.165, 1.54) is 13.2 Å². The van der Waals surface area contributed by atoms with Crippen LogP contribution in [-0.2, 0) is 14.3 Å². The molecule has 0 radical (unpaired) electrons. The Morgan fingerprint density at radius 2 is 1.94 bits per heavy atom. The van der Waals surface area contributed by atoms with Crippen LogP contribution < -0.4 is 14.8 Å². The molecule has 1 amide bonds. The Balaban J connectivity index is 2.28. The number of nitrogens with one attached hydrogen (secondary N) is 1. The van der Waals surface area contributed by atoms with Gasteiger partial charge in [-0.1, -0.05) is 28.1 Å². The monoisotopic (exact) mass is 486 g/mol. The third kappa shape index (κ3) is 6.59. The lowest BCUT2D eigenvalue weighted by Crippen LogP contribution is -2.15. The number of aryl methyl sites for hydroxylation is 2. The second kappa shape index (κ2) is 11.2. The highest BCUT2D eigenvalue weighted by Crippen LogP contribution is 2.34. The van der Waals surface area contributed by atoms with Gasteiger partial charge in [-0.3, -0.25) is 4.79 Å². The highest BCUT2D eigenvalue weighted by molar-refractivity contribution is 9.10. The summed E-state index contributed by atoms with van der Waals surface area (Å²) in [6, 6.07) is 10.8. The summed E-state index contributed by atoms with van der Waals surface area (Å²) in [6.45, 7) is 5.49. The van der Waals surface area contributed by atoms with Crippen molar-refractivity contribution in [2.45, 2.75) is 20.8 Å². The molecule has 2 rings (SSSR count). The molecule has 0 aliphatic rings. The Bertz CT molecular complexity index is 1060. The van der Waals surface area contributed by atoms with E-state index < -0.39 is 11.9 Å². The van der Waals surface area contributed by atoms with Gasteiger partial charge >= 0.3 is 5.97 Å². The molecule has 0 saturated carbocycles. The summed E-state index contributed by atoms with van der Waals surface area (Å²) in [5.41, 5.74) is 2.99. The van der Waals surface area contributed by atoms with Crippen LogP contribution in [0.3, 0.4) is 0 Å². The van der Waals surface area contributed by atoms with Gasteiger partial charge in [0.15, 0.2) is 18.1 Å². The fraction of sp³-hybridized carbons (Fsp3) is 0.261. The summed E-state index contributed by atoms with van der Waals surface area (Å²) in [6.07, 6.45) is 1.45. The predicted molar refractivity (Wildman–Crippen MR) is 121 cm³/mol. The standard InChI is InChI=1S/C23H23BrN2O5/c1-5-30-22(27)13-31-21-11-18(24)16(10-20(21)29-4)9-17(12-25)23(28)26-19-8-14(2)6-7-15(19)3/h6-11H,5,13H2,1-4H3,(H,26,28)/b17-9+. The Morgan fingerprint density at radius 1 is 1.19 bits per heavy atom. The second-order valence-corrected chi connectivity index (χ2v) is 7.41. The minimum atomic E-state index is -0.523. The summed E-state index contributed by atoms with van der Waals surface area (Å²) >= 11 is 3.41. The van der Waals surface area contributed by atoms with Crippen molar-refractivity contribution in [3.05, 3.63) is 57.1 Å². The van der Waals surface area contributed by atoms with Crippen molar-refractivity contribution in [1.82, 2.24) is 0 Å². The zero-order chi connectivity index (χ0) is 23.0. The number of halogens is 1. The maximum atomic E-state index is 12.7. The van der Waals surface area contributed by atoms with Crippen LogP contribution in [-0.4, -0.2) is 32.2 Å². The van der Waals surface area contributed by atoms with Crippen molar-refractivity contribution in [3.8, 4) is 17.6 Å². The molecule has 0 fully saturated rings. The number of rotatable bonds is 8. The fourth-order valence-electron chi connectivity index (χ4n) is 2.64. The van der Waals surface area contributed by atoms with E-state index in [9.17, 15) is 14.9 Å². The summed E-state index contributed by atoms with van der Waals surface area (Å²) in [5.74, 6) is -0.367. The number of nitriles is 1. The molecule has 0 aliphatic carbocycles. The van der Waals surface area contributed by atoms with Gasteiger partial charge in [-0.2, -0.15) is 5.26 Å². The van der Waals surface area contributed by atoms with E-state index in [2.05, 4.69) is 21.2 Å². The lowest BCUT2D eigenvalue weighted by Gasteiger charge is -2.13. The van der Waals surface area contributed by atoms with Gasteiger partial charge in [-0.05, 0) is 61.7 Å². The molecule has 0 aromatic heterocycles. The molecule has 7 nitrogen and oxygen atoms in total. The Kier molecular flexibility index (Phi) is 8.64. The van der Waals surface area contributed by atoms with E-state index in [0.717, 1.165) is 11.1 Å². The topological polar surface area (TPSA) is 97.7 Å². The van der Waals surface area contributed by atoms with E-state index in [4.69, 9.17) is 14.2 Å². The van der Waals surface area contributed by atoms with Crippen LogP contribution in [0.5, 0.6) is 11.5 Å². The maximum absolute atomic E-state index is 12.7. The molecule has 1 N–H and O–H groups in total. The van der Waals surface area contributed by atoms with Crippen LogP contribution in [0, 0.1) is 25.2 Å². The highest BCUT2D eigenvalue weighted by Gasteiger charge is 2.15. The normalized spacial score (nSPS) is 10.8. The number of benzene rings is 2. The van der Waals surface area contributed by atoms with Crippen molar-refractivity contribution < 1.29 is 23.8 Å². The summed E-state index contributed by atoms with van der Waals surface area (Å²) < 4.78 is 16.2. The first-order chi connectivity index (χ1) is 14.8. The van der Waals surface area contributed by atoms with Gasteiger partial charge in [0.05, 0.1) is 13.7 Å². The summed E-state index contributed by atoms with van der Waals surface area (Å²) in [5, 5.41) is 12.3. The number of methoxy groups -OCH3 is 1. The molecule has 0 spiro atoms. The van der Waals surface area contributed by atoms with Crippen molar-refractivity contribution in [2.24, 2.45) is 0 Å². The maximum Gasteiger partial charge on any atom is 0.344 e. The SMILES string of the molecule is CCOC(=O)COc1cc(Br)c(/C=C(\C#N)C(=O)Nc2cc(C)ccc2C)cc1OC. The number of esters is 1. The number of anilines is 1. The van der Waals surface area contributed by atoms with Gasteiger partial charge < -0.3 is 19.5 Å². The third-order valence-corrected chi connectivity index (χ3v) is 4.93. The molecular weight excluding hydrogens is 464 g/mol. The van der Waals surface area contributed by atoms with Crippen LogP contribution in [0.1, 0.15) is 23.6 Å². The fourth-order valence-corrected chi connectivity index (χ4v) is 3.07. The van der Waals surface area contributed by atoms with Crippen LogP contribution >= 0.6 is 15.9 Å². The number of nitrogens with zero attached hydrogens (tertiary/aromatic N) is 1. The summed E-state index contributed by atoms with van der Waals surface area (Å²) in [4.78, 5) is 24.2. The molecule has 0 saturated heterocycles. The first-order valence-electron chi connectivity index (χ1n) is 9.45. The first kappa shape index (κ1) is 24.0. The minimum Gasteiger partial charge on any atom is -0.493 e. The van der Waals surface area contributed by atoms with Crippen LogP contribution in [0.4, 0.5) is 5.69 Å². The lowest BCUT2D eigenvalue weighted by atomic mass is 10.1. The summed E-state index contributed by atoms with van der Waals surface area (Å²) in [7, 11) is 1.45. The number of hydrogen-bond acceptors (Lipinski definition) is 6. The van der Waals surface area contributed by atoms with Gasteiger partial charge in [0.2, 0.25) is 0 Å². The zero-order valence-electron chi connectivity index (χ0n) is 17.7. The minimum absolute atomic E-state index is 0.0798. The third-order valence-electron chi connectivity index (χ3n) is 4.24. The van der Waals surface area contributed by atoms with E-state index in [-0.39, 0.29) is 18.8 Å². The van der Waals surface area contributed by atoms with E-state index >= 15 is 0 Å². The number of hydrogen-bond donors (Lipinski definition) is 1. The Morgan fingerprint density at radius 3 is 2.58 bits per heavy atom. The number of ether oxygens (including phenoxy) is 3. The van der Waals surface area contributed by atoms with Crippen molar-refractivity contribution in [2.75, 3.05) is 25.6 Å². The highest BCUT2D eigenvalue weighted by atomic mass is 79.9. The van der Waals surface area contributed by atoms with Crippen LogP contribution in [0.15, 0.2) is 40.4 Å². The molecule has 8 heteroatoms. The first-order valence-corrected chi connectivity index (χ1v) is 10.2. The second-order valence-electron chi connectivity index (χ2n) is 6.56. The molecule has 2 aromatic rings. The Labute approximate surface area is 189 Å². The lowest BCUT2D eigenvalue weighted by molar-refractivity contribution is -0.145. The van der Waals surface area contributed by atoms with Gasteiger partial charge in [0, 0.05) is 10.2 Å². The van der Waals surface area contributed by atoms with Crippen molar-refractivity contribution in [3.63, 3.8) is 0 Å². The molecule has 0 aliphatic heterocycles. The molecule has 162 valence electrons. The molecule has 0 atom stereocenters. The van der Waals surface area contributed by atoms with Gasteiger partial charge in [0.1, 0.15) is 11.6 Å². The number of carbonyl (C=O) groups is 2. The molecule has 2 aromatic carbocycles. The largest absolute Gasteiger partial charge is 0.493 e. The molecule has 0 bridgehead atoms. The van der Waals surface area contributed by atoms with Crippen molar-refractivity contribution >= 4 is 39.6 Å². The average molecular weight is 487 g/mol. The molecular formula is C23H23BrN2O5. The number of amides is 1. The molecule has 0 heterocycles. The quantitative estimate of drug-likeness (QED) is 0.333. The average Bonchev–Trinajstić information content (AvgIpc) is 2.74. The predicted octanol–water partition coefficient (Wildman–Crippen LogP) is 4.56. The van der Waals surface area contributed by atoms with Crippen LogP contribution in [0.25, 0.3) is 6.08 Å². The van der Waals surface area contributed by atoms with Crippen LogP contribution in [0.2, 0.25) is 0 Å². The van der Waals surface area contributed by atoms with Gasteiger partial charge in [0.25, 0.3) is 5.91 Å². The van der Waals surface area contributed by atoms with E-state index in [1.807, 2.05) is 38.1 Å². The smallest absolute Gasteiger partial charge is 0.344 e.